The summed E-state index contributed by atoms with van der Waals surface area (Å²) in [5.41, 5.74) is 1.15. The zero-order chi connectivity index (χ0) is 12.3. The third-order valence-corrected chi connectivity index (χ3v) is 2.95. The average molecular weight is 230 g/mol. The van der Waals surface area contributed by atoms with Gasteiger partial charge in [0.1, 0.15) is 0 Å². The van der Waals surface area contributed by atoms with E-state index in [4.69, 9.17) is 0 Å². The van der Waals surface area contributed by atoms with E-state index in [0.29, 0.717) is 6.42 Å². The normalized spacial score (nSPS) is 14.5. The van der Waals surface area contributed by atoms with Crippen LogP contribution in [-0.4, -0.2) is 14.9 Å². The van der Waals surface area contributed by atoms with Crippen molar-refractivity contribution in [3.05, 3.63) is 53.9 Å². The molecule has 0 fully saturated rings. The summed E-state index contributed by atoms with van der Waals surface area (Å²) in [7, 11) is 0. The molecule has 0 saturated heterocycles. The summed E-state index contributed by atoms with van der Waals surface area (Å²) in [6.07, 6.45) is 4.38. The van der Waals surface area contributed by atoms with Crippen LogP contribution >= 0.6 is 0 Å². The molecule has 17 heavy (non-hydrogen) atoms. The number of hydrogen-bond acceptors (Lipinski definition) is 2. The molecule has 0 radical (unpaired) electrons. The van der Waals surface area contributed by atoms with Gasteiger partial charge in [-0.25, -0.2) is 0 Å². The van der Waals surface area contributed by atoms with Crippen molar-refractivity contribution < 1.29 is 5.11 Å². The zero-order valence-corrected chi connectivity index (χ0v) is 10.3. The monoisotopic (exact) mass is 230 g/mol. The van der Waals surface area contributed by atoms with Gasteiger partial charge in [-0.2, -0.15) is 5.10 Å². The van der Waals surface area contributed by atoms with E-state index in [1.807, 2.05) is 61.3 Å². The van der Waals surface area contributed by atoms with Gasteiger partial charge in [0.25, 0.3) is 0 Å². The molecule has 90 valence electrons. The van der Waals surface area contributed by atoms with E-state index < -0.39 is 5.60 Å². The summed E-state index contributed by atoms with van der Waals surface area (Å²) in [6, 6.07) is 9.74. The summed E-state index contributed by atoms with van der Waals surface area (Å²) in [5, 5.41) is 14.7. The lowest BCUT2D eigenvalue weighted by atomic mass is 9.90. The van der Waals surface area contributed by atoms with Crippen molar-refractivity contribution in [3.63, 3.8) is 0 Å². The summed E-state index contributed by atoms with van der Waals surface area (Å²) < 4.78 is 1.87. The molecule has 0 bridgehead atoms. The highest BCUT2D eigenvalue weighted by Crippen LogP contribution is 2.24. The van der Waals surface area contributed by atoms with Gasteiger partial charge in [-0.15, -0.1) is 0 Å². The van der Waals surface area contributed by atoms with Crippen LogP contribution in [-0.2, 0) is 18.6 Å². The van der Waals surface area contributed by atoms with Crippen molar-refractivity contribution in [2.45, 2.75) is 32.4 Å². The minimum atomic E-state index is -0.844. The molecule has 1 aromatic carbocycles. The maximum atomic E-state index is 10.5. The summed E-state index contributed by atoms with van der Waals surface area (Å²) in [6.45, 7) is 4.74. The molecule has 0 aliphatic carbocycles. The summed E-state index contributed by atoms with van der Waals surface area (Å²) in [5.74, 6) is 0. The quantitative estimate of drug-likeness (QED) is 0.875. The van der Waals surface area contributed by atoms with Gasteiger partial charge in [-0.1, -0.05) is 30.3 Å². The molecule has 3 nitrogen and oxygen atoms in total. The zero-order valence-electron chi connectivity index (χ0n) is 10.3. The number of benzene rings is 1. The third kappa shape index (κ3) is 2.74. The second-order valence-electron chi connectivity index (χ2n) is 4.52. The highest BCUT2D eigenvalue weighted by Gasteiger charge is 2.23. The van der Waals surface area contributed by atoms with Crippen molar-refractivity contribution in [1.29, 1.82) is 0 Å². The van der Waals surface area contributed by atoms with Gasteiger partial charge >= 0.3 is 0 Å². The van der Waals surface area contributed by atoms with Gasteiger partial charge in [0, 0.05) is 19.2 Å². The minimum absolute atomic E-state index is 0.580. The Morgan fingerprint density at radius 1 is 1.29 bits per heavy atom. The summed E-state index contributed by atoms with van der Waals surface area (Å²) in [4.78, 5) is 0. The SMILES string of the molecule is CCn1cc(CC(C)(O)c2ccccc2)cn1. The van der Waals surface area contributed by atoms with Gasteiger partial charge in [0.05, 0.1) is 11.8 Å². The molecule has 0 aliphatic rings. The Hall–Kier alpha value is -1.61. The fraction of sp³-hybridized carbons (Fsp3) is 0.357. The molecule has 0 spiro atoms. The van der Waals surface area contributed by atoms with E-state index in [2.05, 4.69) is 5.10 Å². The molecule has 1 N–H and O–H groups in total. The minimum Gasteiger partial charge on any atom is -0.385 e. The second kappa shape index (κ2) is 4.72. The van der Waals surface area contributed by atoms with Crippen LogP contribution in [0.2, 0.25) is 0 Å². The first-order valence-electron chi connectivity index (χ1n) is 5.91. The number of aliphatic hydroxyl groups is 1. The molecule has 2 rings (SSSR count). The first kappa shape index (κ1) is 11.9. The molecule has 1 atom stereocenters. The fourth-order valence-corrected chi connectivity index (χ4v) is 1.97. The molecule has 0 aliphatic heterocycles. The Bertz CT molecular complexity index is 474. The van der Waals surface area contributed by atoms with Crippen molar-refractivity contribution in [1.82, 2.24) is 9.78 Å². The van der Waals surface area contributed by atoms with E-state index >= 15 is 0 Å². The maximum Gasteiger partial charge on any atom is 0.0909 e. The highest BCUT2D eigenvalue weighted by molar-refractivity contribution is 5.24. The van der Waals surface area contributed by atoms with Crippen molar-refractivity contribution in [3.8, 4) is 0 Å². The second-order valence-corrected chi connectivity index (χ2v) is 4.52. The van der Waals surface area contributed by atoms with Crippen LogP contribution in [0.25, 0.3) is 0 Å². The van der Waals surface area contributed by atoms with Crippen LogP contribution in [0, 0.1) is 0 Å². The first-order valence-corrected chi connectivity index (χ1v) is 5.91. The lowest BCUT2D eigenvalue weighted by Crippen LogP contribution is -2.23. The molecule has 1 unspecified atom stereocenters. The molecule has 0 saturated carbocycles. The number of nitrogens with zero attached hydrogens (tertiary/aromatic N) is 2. The average Bonchev–Trinajstić information content (AvgIpc) is 2.77. The molecule has 1 heterocycles. The Balaban J connectivity index is 2.17. The Labute approximate surface area is 102 Å². The lowest BCUT2D eigenvalue weighted by Gasteiger charge is -2.23. The van der Waals surface area contributed by atoms with Crippen LogP contribution in [0.4, 0.5) is 0 Å². The number of aryl methyl sites for hydroxylation is 1. The van der Waals surface area contributed by atoms with Crippen molar-refractivity contribution >= 4 is 0 Å². The number of rotatable bonds is 4. The van der Waals surface area contributed by atoms with Gasteiger partial charge in [0.2, 0.25) is 0 Å². The van der Waals surface area contributed by atoms with Crippen molar-refractivity contribution in [2.24, 2.45) is 0 Å². The molecule has 2 aromatic rings. The molecule has 1 aromatic heterocycles. The Morgan fingerprint density at radius 2 is 2.00 bits per heavy atom. The first-order chi connectivity index (χ1) is 8.12. The van der Waals surface area contributed by atoms with Gasteiger partial charge in [-0.05, 0) is 25.0 Å². The van der Waals surface area contributed by atoms with E-state index in [9.17, 15) is 5.11 Å². The largest absolute Gasteiger partial charge is 0.385 e. The van der Waals surface area contributed by atoms with Crippen LogP contribution in [0.3, 0.4) is 0 Å². The predicted molar refractivity (Wildman–Crippen MR) is 67.6 cm³/mol. The van der Waals surface area contributed by atoms with Crippen LogP contribution < -0.4 is 0 Å². The van der Waals surface area contributed by atoms with Crippen LogP contribution in [0.15, 0.2) is 42.7 Å². The lowest BCUT2D eigenvalue weighted by molar-refractivity contribution is 0.0576. The summed E-state index contributed by atoms with van der Waals surface area (Å²) >= 11 is 0. The number of aromatic nitrogens is 2. The smallest absolute Gasteiger partial charge is 0.0909 e. The number of hydrogen-bond donors (Lipinski definition) is 1. The van der Waals surface area contributed by atoms with Crippen LogP contribution in [0.5, 0.6) is 0 Å². The molecular weight excluding hydrogens is 212 g/mol. The van der Waals surface area contributed by atoms with E-state index in [1.165, 1.54) is 0 Å². The topological polar surface area (TPSA) is 38.0 Å². The van der Waals surface area contributed by atoms with E-state index in [0.717, 1.165) is 17.7 Å². The molecule has 0 amide bonds. The Morgan fingerprint density at radius 3 is 2.59 bits per heavy atom. The molecular formula is C14H18N2O. The maximum absolute atomic E-state index is 10.5. The van der Waals surface area contributed by atoms with Gasteiger partial charge < -0.3 is 5.11 Å². The van der Waals surface area contributed by atoms with E-state index in [-0.39, 0.29) is 0 Å². The third-order valence-electron chi connectivity index (χ3n) is 2.95. The molecule has 3 heteroatoms. The van der Waals surface area contributed by atoms with Gasteiger partial charge in [0.15, 0.2) is 0 Å². The Kier molecular flexibility index (Phi) is 3.29. The highest BCUT2D eigenvalue weighted by atomic mass is 16.3. The van der Waals surface area contributed by atoms with Gasteiger partial charge in [-0.3, -0.25) is 4.68 Å². The van der Waals surface area contributed by atoms with E-state index in [1.54, 1.807) is 0 Å². The fourth-order valence-electron chi connectivity index (χ4n) is 1.97. The van der Waals surface area contributed by atoms with Crippen LogP contribution in [0.1, 0.15) is 25.0 Å². The van der Waals surface area contributed by atoms with Crippen molar-refractivity contribution in [2.75, 3.05) is 0 Å². The predicted octanol–water partition coefficient (Wildman–Crippen LogP) is 2.35. The standard InChI is InChI=1S/C14H18N2O/c1-3-16-11-12(10-15-16)9-14(2,17)13-7-5-4-6-8-13/h4-8,10-11,17H,3,9H2,1-2H3.